The fourth-order valence-electron chi connectivity index (χ4n) is 6.14. The lowest BCUT2D eigenvalue weighted by Gasteiger charge is -2.18. The van der Waals surface area contributed by atoms with E-state index in [0.29, 0.717) is 19.8 Å². The molecule has 0 heterocycles. The number of carbonyl (C=O) groups excluding carboxylic acids is 3. The summed E-state index contributed by atoms with van der Waals surface area (Å²) < 4.78 is 16.1. The topological polar surface area (TPSA) is 94.2 Å². The Hall–Kier alpha value is -1.83. The second-order valence-corrected chi connectivity index (χ2v) is 14.8. The lowest BCUT2D eigenvalue weighted by atomic mass is 10.0. The summed E-state index contributed by atoms with van der Waals surface area (Å²) in [5, 5.41) is 2.61. The number of nitrogens with one attached hydrogen (secondary N) is 1. The fraction of sp³-hybridized carbons (Fsp3) is 0.929. The van der Waals surface area contributed by atoms with Crippen LogP contribution in [0.2, 0.25) is 0 Å². The second kappa shape index (κ2) is 38.4. The van der Waals surface area contributed by atoms with Gasteiger partial charge in [0.15, 0.2) is 0 Å². The number of esters is 2. The van der Waals surface area contributed by atoms with Crippen LogP contribution in [-0.2, 0) is 23.8 Å². The third-order valence-electron chi connectivity index (χ3n) is 9.49. The van der Waals surface area contributed by atoms with Gasteiger partial charge in [0.25, 0.3) is 0 Å². The van der Waals surface area contributed by atoms with E-state index in [9.17, 15) is 14.4 Å². The first kappa shape index (κ1) is 48.2. The molecule has 0 aliphatic rings. The standard InChI is InChI=1S/C42H82N2O6/c1-5-7-9-11-13-15-17-19-21-23-25-27-29-31-36-48-40(45)34-33-39(43-42(47)50-38-35-44(3)4)41(46)49-37-32-30-28-26-24-22-20-18-16-14-12-10-8-6-2/h39H,5-38H2,1-4H3,(H,43,47)/t39-/m0/s1. The van der Waals surface area contributed by atoms with Crippen LogP contribution in [0.25, 0.3) is 0 Å². The molecule has 0 aromatic carbocycles. The summed E-state index contributed by atoms with van der Waals surface area (Å²) >= 11 is 0. The Kier molecular flexibility index (Phi) is 37.0. The maximum absolute atomic E-state index is 12.9. The molecule has 0 saturated heterocycles. The average molecular weight is 711 g/mol. The summed E-state index contributed by atoms with van der Waals surface area (Å²) in [6.45, 7) is 6.02. The van der Waals surface area contributed by atoms with Crippen molar-refractivity contribution in [2.75, 3.05) is 40.5 Å². The number of alkyl carbamates (subject to hydrolysis) is 1. The van der Waals surface area contributed by atoms with E-state index < -0.39 is 18.1 Å². The molecule has 0 aromatic heterocycles. The maximum Gasteiger partial charge on any atom is 0.407 e. The molecule has 0 unspecified atom stereocenters. The lowest BCUT2D eigenvalue weighted by Crippen LogP contribution is -2.43. The van der Waals surface area contributed by atoms with E-state index in [1.807, 2.05) is 19.0 Å². The first-order chi connectivity index (χ1) is 24.4. The number of hydrogen-bond acceptors (Lipinski definition) is 7. The molecule has 1 amide bonds. The summed E-state index contributed by atoms with van der Waals surface area (Å²) in [5.74, 6) is -0.878. The van der Waals surface area contributed by atoms with E-state index in [0.717, 1.165) is 32.1 Å². The van der Waals surface area contributed by atoms with Crippen LogP contribution in [0.5, 0.6) is 0 Å². The van der Waals surface area contributed by atoms with Crippen molar-refractivity contribution in [3.63, 3.8) is 0 Å². The van der Waals surface area contributed by atoms with E-state index in [-0.39, 0.29) is 25.4 Å². The minimum atomic E-state index is -0.942. The highest BCUT2D eigenvalue weighted by atomic mass is 16.6. The zero-order valence-corrected chi connectivity index (χ0v) is 33.5. The second-order valence-electron chi connectivity index (χ2n) is 14.8. The molecule has 0 aliphatic carbocycles. The number of amides is 1. The molecule has 0 saturated carbocycles. The predicted molar refractivity (Wildman–Crippen MR) is 209 cm³/mol. The van der Waals surface area contributed by atoms with Crippen molar-refractivity contribution in [3.8, 4) is 0 Å². The smallest absolute Gasteiger partial charge is 0.407 e. The third kappa shape index (κ3) is 36.0. The Bertz CT molecular complexity index is 763. The minimum absolute atomic E-state index is 0.0369. The van der Waals surface area contributed by atoms with Crippen molar-refractivity contribution in [1.29, 1.82) is 0 Å². The lowest BCUT2D eigenvalue weighted by molar-refractivity contribution is -0.147. The molecule has 0 aliphatic heterocycles. The molecule has 296 valence electrons. The molecule has 1 atom stereocenters. The van der Waals surface area contributed by atoms with Gasteiger partial charge in [-0.15, -0.1) is 0 Å². The van der Waals surface area contributed by atoms with E-state index in [4.69, 9.17) is 14.2 Å². The van der Waals surface area contributed by atoms with E-state index in [1.54, 1.807) is 0 Å². The van der Waals surface area contributed by atoms with Crippen LogP contribution in [0.1, 0.15) is 206 Å². The Morgan fingerprint density at radius 2 is 0.840 bits per heavy atom. The van der Waals surface area contributed by atoms with Gasteiger partial charge in [-0.05, 0) is 33.4 Å². The zero-order chi connectivity index (χ0) is 36.8. The molecule has 0 fully saturated rings. The van der Waals surface area contributed by atoms with Crippen LogP contribution in [-0.4, -0.2) is 69.4 Å². The Labute approximate surface area is 309 Å². The minimum Gasteiger partial charge on any atom is -0.466 e. The van der Waals surface area contributed by atoms with Gasteiger partial charge in [-0.3, -0.25) is 4.79 Å². The molecule has 0 bridgehead atoms. The number of likely N-dealkylation sites (N-methyl/N-ethyl adjacent to an activating group) is 1. The number of ether oxygens (including phenoxy) is 3. The summed E-state index contributed by atoms with van der Waals surface area (Å²) in [6, 6.07) is -0.942. The molecule has 0 rings (SSSR count). The van der Waals surface area contributed by atoms with Crippen molar-refractivity contribution >= 4 is 18.0 Å². The zero-order valence-electron chi connectivity index (χ0n) is 33.5. The summed E-state index contributed by atoms with van der Waals surface area (Å²) in [5.41, 5.74) is 0. The number of carbonyl (C=O) groups is 3. The number of hydrogen-bond donors (Lipinski definition) is 1. The van der Waals surface area contributed by atoms with Gasteiger partial charge >= 0.3 is 18.0 Å². The molecule has 50 heavy (non-hydrogen) atoms. The van der Waals surface area contributed by atoms with Crippen molar-refractivity contribution < 1.29 is 28.6 Å². The maximum atomic E-state index is 12.9. The average Bonchev–Trinajstić information content (AvgIpc) is 3.09. The van der Waals surface area contributed by atoms with E-state index in [1.165, 1.54) is 148 Å². The quantitative estimate of drug-likeness (QED) is 0.0387. The number of rotatable bonds is 38. The van der Waals surface area contributed by atoms with Crippen LogP contribution >= 0.6 is 0 Å². The van der Waals surface area contributed by atoms with Gasteiger partial charge in [0.05, 0.1) is 13.2 Å². The largest absolute Gasteiger partial charge is 0.466 e. The molecule has 0 radical (unpaired) electrons. The number of nitrogens with zero attached hydrogens (tertiary/aromatic N) is 1. The normalized spacial score (nSPS) is 11.9. The van der Waals surface area contributed by atoms with Gasteiger partial charge in [0, 0.05) is 13.0 Å². The highest BCUT2D eigenvalue weighted by Gasteiger charge is 2.24. The molecule has 0 aromatic rings. The van der Waals surface area contributed by atoms with E-state index >= 15 is 0 Å². The van der Waals surface area contributed by atoms with Crippen LogP contribution in [0.15, 0.2) is 0 Å². The highest BCUT2D eigenvalue weighted by Crippen LogP contribution is 2.15. The van der Waals surface area contributed by atoms with E-state index in [2.05, 4.69) is 19.2 Å². The number of unbranched alkanes of at least 4 members (excludes halogenated alkanes) is 26. The van der Waals surface area contributed by atoms with Crippen molar-refractivity contribution in [2.24, 2.45) is 0 Å². The van der Waals surface area contributed by atoms with Gasteiger partial charge in [-0.25, -0.2) is 9.59 Å². The molecular formula is C42H82N2O6. The summed E-state index contributed by atoms with van der Waals surface area (Å²) in [4.78, 5) is 39.5. The molecule has 8 nitrogen and oxygen atoms in total. The van der Waals surface area contributed by atoms with Gasteiger partial charge < -0.3 is 24.4 Å². The molecule has 0 spiro atoms. The summed E-state index contributed by atoms with van der Waals surface area (Å²) in [7, 11) is 3.78. The SMILES string of the molecule is CCCCCCCCCCCCCCCCOC(=O)CC[C@H](NC(=O)OCCN(C)C)C(=O)OCCCCCCCCCCCCCCCC. The van der Waals surface area contributed by atoms with Gasteiger partial charge in [-0.2, -0.15) is 0 Å². The van der Waals surface area contributed by atoms with Gasteiger partial charge in [-0.1, -0.05) is 181 Å². The first-order valence-electron chi connectivity index (χ1n) is 21.3. The molecular weight excluding hydrogens is 628 g/mol. The first-order valence-corrected chi connectivity index (χ1v) is 21.3. The monoisotopic (exact) mass is 711 g/mol. The summed E-state index contributed by atoms with van der Waals surface area (Å²) in [6.07, 6.45) is 35.1. The van der Waals surface area contributed by atoms with Crippen molar-refractivity contribution in [1.82, 2.24) is 10.2 Å². The van der Waals surface area contributed by atoms with Crippen LogP contribution in [0.3, 0.4) is 0 Å². The fourth-order valence-corrected chi connectivity index (χ4v) is 6.14. The molecule has 8 heteroatoms. The van der Waals surface area contributed by atoms with Crippen LogP contribution < -0.4 is 5.32 Å². The molecule has 1 N–H and O–H groups in total. The van der Waals surface area contributed by atoms with Crippen LogP contribution in [0.4, 0.5) is 4.79 Å². The van der Waals surface area contributed by atoms with Gasteiger partial charge in [0.2, 0.25) is 0 Å². The van der Waals surface area contributed by atoms with Gasteiger partial charge in [0.1, 0.15) is 12.6 Å². The predicted octanol–water partition coefficient (Wildman–Crippen LogP) is 11.5. The van der Waals surface area contributed by atoms with Crippen molar-refractivity contribution in [3.05, 3.63) is 0 Å². The van der Waals surface area contributed by atoms with Crippen molar-refractivity contribution in [2.45, 2.75) is 213 Å². The third-order valence-corrected chi connectivity index (χ3v) is 9.49. The Morgan fingerprint density at radius 1 is 0.480 bits per heavy atom. The Morgan fingerprint density at radius 3 is 1.22 bits per heavy atom. The van der Waals surface area contributed by atoms with Crippen LogP contribution in [0, 0.1) is 0 Å². The highest BCUT2D eigenvalue weighted by molar-refractivity contribution is 5.82. The Balaban J connectivity index is 4.11.